The quantitative estimate of drug-likeness (QED) is 0.858. The third-order valence-corrected chi connectivity index (χ3v) is 5.14. The van der Waals surface area contributed by atoms with E-state index in [1.807, 2.05) is 27.0 Å². The molecular weight excluding hydrogens is 248 g/mol. The summed E-state index contributed by atoms with van der Waals surface area (Å²) in [4.78, 5) is 0.359. The van der Waals surface area contributed by atoms with Crippen molar-refractivity contribution in [2.45, 2.75) is 37.8 Å². The van der Waals surface area contributed by atoms with Crippen LogP contribution in [0.1, 0.15) is 25.8 Å². The molecule has 0 aromatic heterocycles. The highest BCUT2D eigenvalue weighted by Crippen LogP contribution is 2.18. The molecule has 4 nitrogen and oxygen atoms in total. The Labute approximate surface area is 110 Å². The molecule has 0 saturated heterocycles. The Bertz CT molecular complexity index is 486. The molecule has 0 aliphatic heterocycles. The molecule has 0 amide bonds. The van der Waals surface area contributed by atoms with Crippen LogP contribution >= 0.6 is 0 Å². The zero-order valence-corrected chi connectivity index (χ0v) is 12.3. The van der Waals surface area contributed by atoms with Crippen LogP contribution in [0.15, 0.2) is 29.2 Å². The SMILES string of the molecule is CCC(C)N(C)S(=O)(=O)c1cccc(CNC)c1. The van der Waals surface area contributed by atoms with Gasteiger partial charge in [-0.1, -0.05) is 19.1 Å². The maximum absolute atomic E-state index is 12.4. The molecule has 102 valence electrons. The van der Waals surface area contributed by atoms with Gasteiger partial charge >= 0.3 is 0 Å². The fraction of sp³-hybridized carbons (Fsp3) is 0.538. The lowest BCUT2D eigenvalue weighted by atomic mass is 10.2. The monoisotopic (exact) mass is 270 g/mol. The van der Waals surface area contributed by atoms with Gasteiger partial charge in [0, 0.05) is 19.6 Å². The summed E-state index contributed by atoms with van der Waals surface area (Å²) in [5.41, 5.74) is 0.969. The van der Waals surface area contributed by atoms with Gasteiger partial charge in [-0.05, 0) is 38.1 Å². The van der Waals surface area contributed by atoms with E-state index in [0.717, 1.165) is 12.0 Å². The van der Waals surface area contributed by atoms with Crippen molar-refractivity contribution >= 4 is 10.0 Å². The Morgan fingerprint density at radius 1 is 1.39 bits per heavy atom. The maximum atomic E-state index is 12.4. The van der Waals surface area contributed by atoms with E-state index in [2.05, 4.69) is 5.32 Å². The van der Waals surface area contributed by atoms with Gasteiger partial charge in [-0.3, -0.25) is 0 Å². The summed E-state index contributed by atoms with van der Waals surface area (Å²) in [6.45, 7) is 4.56. The van der Waals surface area contributed by atoms with Crippen LogP contribution in [0, 0.1) is 0 Å². The molecule has 1 aromatic rings. The number of rotatable bonds is 6. The van der Waals surface area contributed by atoms with Crippen LogP contribution < -0.4 is 5.32 Å². The van der Waals surface area contributed by atoms with E-state index in [0.29, 0.717) is 11.4 Å². The molecule has 1 aromatic carbocycles. The molecule has 1 atom stereocenters. The summed E-state index contributed by atoms with van der Waals surface area (Å²) in [5.74, 6) is 0. The number of hydrogen-bond donors (Lipinski definition) is 1. The summed E-state index contributed by atoms with van der Waals surface area (Å²) >= 11 is 0. The van der Waals surface area contributed by atoms with E-state index >= 15 is 0 Å². The second-order valence-electron chi connectivity index (χ2n) is 4.46. The average Bonchev–Trinajstić information content (AvgIpc) is 2.37. The fourth-order valence-electron chi connectivity index (χ4n) is 1.68. The van der Waals surface area contributed by atoms with Crippen LogP contribution in [0.4, 0.5) is 0 Å². The predicted molar refractivity (Wildman–Crippen MR) is 73.9 cm³/mol. The predicted octanol–water partition coefficient (Wildman–Crippen LogP) is 1.83. The van der Waals surface area contributed by atoms with Crippen molar-refractivity contribution in [2.75, 3.05) is 14.1 Å². The van der Waals surface area contributed by atoms with Crippen LogP contribution in [0.3, 0.4) is 0 Å². The molecule has 0 spiro atoms. The highest BCUT2D eigenvalue weighted by Gasteiger charge is 2.24. The first kappa shape index (κ1) is 15.1. The first-order valence-corrected chi connectivity index (χ1v) is 7.59. The topological polar surface area (TPSA) is 49.4 Å². The first-order valence-electron chi connectivity index (χ1n) is 6.15. The van der Waals surface area contributed by atoms with E-state index in [9.17, 15) is 8.42 Å². The van der Waals surface area contributed by atoms with Gasteiger partial charge in [0.05, 0.1) is 4.90 Å². The standard InChI is InChI=1S/C13H22N2O2S/c1-5-11(2)15(4)18(16,17)13-8-6-7-12(9-13)10-14-3/h6-9,11,14H,5,10H2,1-4H3. The number of benzene rings is 1. The zero-order chi connectivity index (χ0) is 13.8. The Morgan fingerprint density at radius 3 is 2.61 bits per heavy atom. The number of nitrogens with one attached hydrogen (secondary N) is 1. The largest absolute Gasteiger partial charge is 0.316 e. The summed E-state index contributed by atoms with van der Waals surface area (Å²) in [7, 11) is 0.0873. The molecule has 18 heavy (non-hydrogen) atoms. The third kappa shape index (κ3) is 3.31. The number of nitrogens with zero attached hydrogens (tertiary/aromatic N) is 1. The molecule has 0 saturated carbocycles. The number of sulfonamides is 1. The van der Waals surface area contributed by atoms with Gasteiger partial charge in [0.1, 0.15) is 0 Å². The van der Waals surface area contributed by atoms with E-state index in [-0.39, 0.29) is 6.04 Å². The van der Waals surface area contributed by atoms with Crippen molar-refractivity contribution in [1.29, 1.82) is 0 Å². The second kappa shape index (κ2) is 6.31. The van der Waals surface area contributed by atoms with Crippen LogP contribution in [0.25, 0.3) is 0 Å². The van der Waals surface area contributed by atoms with Crippen molar-refractivity contribution in [2.24, 2.45) is 0 Å². The van der Waals surface area contributed by atoms with Gasteiger partial charge in [-0.15, -0.1) is 0 Å². The minimum atomic E-state index is -3.39. The number of hydrogen-bond acceptors (Lipinski definition) is 3. The van der Waals surface area contributed by atoms with E-state index in [1.165, 1.54) is 4.31 Å². The van der Waals surface area contributed by atoms with Crippen LogP contribution in [0.2, 0.25) is 0 Å². The van der Waals surface area contributed by atoms with Crippen LogP contribution in [-0.2, 0) is 16.6 Å². The molecule has 0 aliphatic carbocycles. The van der Waals surface area contributed by atoms with Crippen LogP contribution in [0.5, 0.6) is 0 Å². The summed E-state index contributed by atoms with van der Waals surface area (Å²) in [6.07, 6.45) is 0.798. The Kier molecular flexibility index (Phi) is 5.31. The van der Waals surface area contributed by atoms with Gasteiger partial charge in [0.25, 0.3) is 0 Å². The summed E-state index contributed by atoms with van der Waals surface area (Å²) in [5, 5.41) is 3.02. The average molecular weight is 270 g/mol. The minimum absolute atomic E-state index is 0.00274. The molecule has 1 N–H and O–H groups in total. The molecular formula is C13H22N2O2S. The van der Waals surface area contributed by atoms with E-state index in [4.69, 9.17) is 0 Å². The Balaban J connectivity index is 3.08. The van der Waals surface area contributed by atoms with Gasteiger partial charge < -0.3 is 5.32 Å². The summed E-state index contributed by atoms with van der Waals surface area (Å²) in [6, 6.07) is 7.07. The highest BCUT2D eigenvalue weighted by atomic mass is 32.2. The lowest BCUT2D eigenvalue weighted by Crippen LogP contribution is -2.34. The molecule has 0 aliphatic rings. The second-order valence-corrected chi connectivity index (χ2v) is 6.45. The molecule has 0 heterocycles. The normalized spacial score (nSPS) is 13.8. The van der Waals surface area contributed by atoms with Gasteiger partial charge in [0.2, 0.25) is 10.0 Å². The molecule has 0 radical (unpaired) electrons. The van der Waals surface area contributed by atoms with Gasteiger partial charge in [-0.25, -0.2) is 8.42 Å². The van der Waals surface area contributed by atoms with Crippen molar-refractivity contribution < 1.29 is 8.42 Å². The van der Waals surface area contributed by atoms with Gasteiger partial charge in [-0.2, -0.15) is 4.31 Å². The Hall–Kier alpha value is -0.910. The van der Waals surface area contributed by atoms with E-state index in [1.54, 1.807) is 25.2 Å². The van der Waals surface area contributed by atoms with Crippen molar-refractivity contribution in [1.82, 2.24) is 9.62 Å². The lowest BCUT2D eigenvalue weighted by molar-refractivity contribution is 0.380. The fourth-order valence-corrected chi connectivity index (χ4v) is 3.19. The Morgan fingerprint density at radius 2 is 2.06 bits per heavy atom. The van der Waals surface area contributed by atoms with Crippen molar-refractivity contribution in [3.63, 3.8) is 0 Å². The molecule has 1 unspecified atom stereocenters. The first-order chi connectivity index (χ1) is 8.43. The smallest absolute Gasteiger partial charge is 0.243 e. The highest BCUT2D eigenvalue weighted by molar-refractivity contribution is 7.89. The minimum Gasteiger partial charge on any atom is -0.316 e. The zero-order valence-electron chi connectivity index (χ0n) is 11.5. The molecule has 5 heteroatoms. The summed E-state index contributed by atoms with van der Waals surface area (Å²) < 4.78 is 26.2. The lowest BCUT2D eigenvalue weighted by Gasteiger charge is -2.23. The maximum Gasteiger partial charge on any atom is 0.243 e. The molecule has 1 rings (SSSR count). The molecule has 0 fully saturated rings. The van der Waals surface area contributed by atoms with Crippen molar-refractivity contribution in [3.05, 3.63) is 29.8 Å². The molecule has 0 bridgehead atoms. The van der Waals surface area contributed by atoms with Gasteiger partial charge in [0.15, 0.2) is 0 Å². The third-order valence-electron chi connectivity index (χ3n) is 3.17. The van der Waals surface area contributed by atoms with Crippen molar-refractivity contribution in [3.8, 4) is 0 Å². The van der Waals surface area contributed by atoms with E-state index < -0.39 is 10.0 Å². The van der Waals surface area contributed by atoms with Crippen LogP contribution in [-0.4, -0.2) is 32.9 Å².